The Morgan fingerprint density at radius 2 is 2.33 bits per heavy atom. The summed E-state index contributed by atoms with van der Waals surface area (Å²) in [6.07, 6.45) is 6.61. The number of alkyl halides is 2. The molecule has 1 heterocycles. The van der Waals surface area contributed by atoms with Crippen molar-refractivity contribution in [2.75, 3.05) is 0 Å². The Morgan fingerprint density at radius 3 is 3.17 bits per heavy atom. The van der Waals surface area contributed by atoms with Crippen LogP contribution in [0.3, 0.4) is 0 Å². The van der Waals surface area contributed by atoms with Gasteiger partial charge in [-0.05, 0) is 17.2 Å². The smallest absolute Gasteiger partial charge is 0.140 e. The van der Waals surface area contributed by atoms with Crippen LogP contribution in [0.15, 0.2) is 23.3 Å². The maximum absolute atomic E-state index is 6.00. The largest absolute Gasteiger partial charge is 0.364 e. The van der Waals surface area contributed by atoms with Crippen LogP contribution in [-0.4, -0.2) is 16.5 Å². The Morgan fingerprint density at radius 1 is 1.50 bits per heavy atom. The Bertz CT molecular complexity index is 304. The SMILES string of the molecule is ClC1(Cl)C=C2C[C@@H]3O[C@@H]3C2=CC1. The molecule has 1 aliphatic heterocycles. The second kappa shape index (κ2) is 2.09. The van der Waals surface area contributed by atoms with Crippen LogP contribution >= 0.6 is 23.2 Å². The van der Waals surface area contributed by atoms with E-state index in [0.717, 1.165) is 6.42 Å². The van der Waals surface area contributed by atoms with Gasteiger partial charge in [0.25, 0.3) is 0 Å². The Kier molecular flexibility index (Phi) is 1.29. The number of rotatable bonds is 0. The number of hydrogen-bond acceptors (Lipinski definition) is 1. The molecule has 2 atom stereocenters. The summed E-state index contributed by atoms with van der Waals surface area (Å²) in [7, 11) is 0. The van der Waals surface area contributed by atoms with E-state index in [0.29, 0.717) is 18.6 Å². The first-order valence-electron chi connectivity index (χ1n) is 4.11. The maximum atomic E-state index is 6.00. The molecule has 0 radical (unpaired) electrons. The van der Waals surface area contributed by atoms with Crippen LogP contribution in [-0.2, 0) is 4.74 Å². The molecule has 0 aromatic heterocycles. The van der Waals surface area contributed by atoms with Crippen molar-refractivity contribution in [2.45, 2.75) is 29.4 Å². The van der Waals surface area contributed by atoms with Crippen molar-refractivity contribution < 1.29 is 4.74 Å². The van der Waals surface area contributed by atoms with Gasteiger partial charge in [-0.15, -0.1) is 0 Å². The van der Waals surface area contributed by atoms with Crippen molar-refractivity contribution >= 4 is 23.2 Å². The topological polar surface area (TPSA) is 12.5 Å². The fraction of sp³-hybridized carbons (Fsp3) is 0.556. The summed E-state index contributed by atoms with van der Waals surface area (Å²) in [6.45, 7) is 0. The van der Waals surface area contributed by atoms with E-state index in [1.54, 1.807) is 0 Å². The third-order valence-electron chi connectivity index (χ3n) is 2.66. The Labute approximate surface area is 81.0 Å². The van der Waals surface area contributed by atoms with E-state index < -0.39 is 4.33 Å². The van der Waals surface area contributed by atoms with Crippen LogP contribution in [0.5, 0.6) is 0 Å². The molecule has 3 heteroatoms. The highest BCUT2D eigenvalue weighted by Crippen LogP contribution is 2.50. The molecule has 64 valence electrons. The van der Waals surface area contributed by atoms with Crippen molar-refractivity contribution in [1.29, 1.82) is 0 Å². The number of hydrogen-bond donors (Lipinski definition) is 0. The Balaban J connectivity index is 2.00. The first kappa shape index (κ1) is 7.43. The van der Waals surface area contributed by atoms with E-state index in [2.05, 4.69) is 6.08 Å². The zero-order valence-electron chi connectivity index (χ0n) is 6.39. The zero-order valence-corrected chi connectivity index (χ0v) is 7.90. The lowest BCUT2D eigenvalue weighted by Gasteiger charge is -2.20. The summed E-state index contributed by atoms with van der Waals surface area (Å²) in [5.41, 5.74) is 2.63. The molecule has 3 rings (SSSR count). The molecule has 1 saturated carbocycles. The van der Waals surface area contributed by atoms with Crippen LogP contribution in [0.2, 0.25) is 0 Å². The van der Waals surface area contributed by atoms with Gasteiger partial charge in [0.1, 0.15) is 10.4 Å². The highest BCUT2D eigenvalue weighted by Gasteiger charge is 2.50. The molecule has 0 N–H and O–H groups in total. The zero-order chi connectivity index (χ0) is 8.34. The minimum absolute atomic E-state index is 0.376. The molecule has 0 bridgehead atoms. The average molecular weight is 203 g/mol. The predicted molar refractivity (Wildman–Crippen MR) is 48.5 cm³/mol. The number of epoxide rings is 1. The summed E-state index contributed by atoms with van der Waals surface area (Å²) >= 11 is 12.0. The highest BCUT2D eigenvalue weighted by molar-refractivity contribution is 6.50. The van der Waals surface area contributed by atoms with Crippen molar-refractivity contribution in [1.82, 2.24) is 0 Å². The van der Waals surface area contributed by atoms with E-state index in [4.69, 9.17) is 27.9 Å². The number of ether oxygens (including phenoxy) is 1. The lowest BCUT2D eigenvalue weighted by molar-refractivity contribution is 0.369. The first-order valence-corrected chi connectivity index (χ1v) is 4.87. The monoisotopic (exact) mass is 202 g/mol. The van der Waals surface area contributed by atoms with Gasteiger partial charge in [0, 0.05) is 12.8 Å². The molecule has 0 aromatic carbocycles. The molecule has 0 unspecified atom stereocenters. The minimum atomic E-state index is -0.671. The molecule has 2 aliphatic carbocycles. The molecule has 3 aliphatic rings. The first-order chi connectivity index (χ1) is 5.66. The average Bonchev–Trinajstić information content (AvgIpc) is 2.61. The molecule has 0 spiro atoms. The number of allylic oxidation sites excluding steroid dienone is 2. The van der Waals surface area contributed by atoms with Crippen LogP contribution in [0.25, 0.3) is 0 Å². The third-order valence-corrected chi connectivity index (χ3v) is 3.19. The van der Waals surface area contributed by atoms with E-state index in [-0.39, 0.29) is 0 Å². The van der Waals surface area contributed by atoms with Gasteiger partial charge in [-0.2, -0.15) is 0 Å². The summed E-state index contributed by atoms with van der Waals surface area (Å²) in [6, 6.07) is 0. The third kappa shape index (κ3) is 0.968. The van der Waals surface area contributed by atoms with Crippen LogP contribution in [0.4, 0.5) is 0 Å². The number of halogens is 2. The molecule has 0 aromatic rings. The van der Waals surface area contributed by atoms with Gasteiger partial charge in [-0.1, -0.05) is 29.3 Å². The fourth-order valence-electron chi connectivity index (χ4n) is 2.04. The van der Waals surface area contributed by atoms with Gasteiger partial charge in [0.05, 0.1) is 6.10 Å². The van der Waals surface area contributed by atoms with Crippen LogP contribution < -0.4 is 0 Å². The second-order valence-electron chi connectivity index (χ2n) is 3.59. The van der Waals surface area contributed by atoms with E-state index in [9.17, 15) is 0 Å². The molecule has 12 heavy (non-hydrogen) atoms. The van der Waals surface area contributed by atoms with Crippen molar-refractivity contribution in [3.05, 3.63) is 23.3 Å². The summed E-state index contributed by atoms with van der Waals surface area (Å²) in [5, 5.41) is 0. The molecule has 1 nitrogen and oxygen atoms in total. The standard InChI is InChI=1S/C9H8Cl2O/c10-9(11)2-1-6-5(4-9)3-7-8(6)12-7/h1,4,7-8H,2-3H2/t7-,8+/m0/s1. The van der Waals surface area contributed by atoms with Gasteiger partial charge in [0.2, 0.25) is 0 Å². The molecule has 1 saturated heterocycles. The van der Waals surface area contributed by atoms with Gasteiger partial charge in [0.15, 0.2) is 0 Å². The van der Waals surface area contributed by atoms with Crippen molar-refractivity contribution in [2.24, 2.45) is 0 Å². The molecular weight excluding hydrogens is 195 g/mol. The van der Waals surface area contributed by atoms with Gasteiger partial charge in [-0.3, -0.25) is 0 Å². The Hall–Kier alpha value is 0.0200. The summed E-state index contributed by atoms with van der Waals surface area (Å²) < 4.78 is 4.72. The van der Waals surface area contributed by atoms with Crippen molar-refractivity contribution in [3.63, 3.8) is 0 Å². The normalized spacial score (nSPS) is 41.2. The number of fused-ring (bicyclic) bond motifs is 3. The minimum Gasteiger partial charge on any atom is -0.364 e. The molecule has 0 amide bonds. The van der Waals surface area contributed by atoms with Gasteiger partial charge >= 0.3 is 0 Å². The van der Waals surface area contributed by atoms with Gasteiger partial charge in [-0.25, -0.2) is 0 Å². The van der Waals surface area contributed by atoms with Gasteiger partial charge < -0.3 is 4.74 Å². The molecule has 2 fully saturated rings. The van der Waals surface area contributed by atoms with E-state index >= 15 is 0 Å². The van der Waals surface area contributed by atoms with Crippen LogP contribution in [0.1, 0.15) is 12.8 Å². The lowest BCUT2D eigenvalue weighted by Crippen LogP contribution is -2.13. The fourth-order valence-corrected chi connectivity index (χ4v) is 2.46. The lowest BCUT2D eigenvalue weighted by atomic mass is 9.99. The summed E-state index contributed by atoms with van der Waals surface area (Å²) in [5.74, 6) is 0. The van der Waals surface area contributed by atoms with E-state index in [1.807, 2.05) is 6.08 Å². The quantitative estimate of drug-likeness (QED) is 0.435. The van der Waals surface area contributed by atoms with Crippen molar-refractivity contribution in [3.8, 4) is 0 Å². The second-order valence-corrected chi connectivity index (χ2v) is 5.14. The van der Waals surface area contributed by atoms with E-state index in [1.165, 1.54) is 11.1 Å². The summed E-state index contributed by atoms with van der Waals surface area (Å²) in [4.78, 5) is 0. The molecular formula is C9H8Cl2O. The predicted octanol–water partition coefficient (Wildman–Crippen LogP) is 2.59. The highest BCUT2D eigenvalue weighted by atomic mass is 35.5. The van der Waals surface area contributed by atoms with Crippen LogP contribution in [0, 0.1) is 0 Å². The maximum Gasteiger partial charge on any atom is 0.140 e.